The van der Waals surface area contributed by atoms with E-state index in [-0.39, 0.29) is 12.0 Å². The topological polar surface area (TPSA) is 112 Å². The molecule has 168 valence electrons. The van der Waals surface area contributed by atoms with Crippen LogP contribution in [-0.2, 0) is 16.1 Å². The van der Waals surface area contributed by atoms with E-state index in [4.69, 9.17) is 2.74 Å². The third kappa shape index (κ3) is 5.38. The van der Waals surface area contributed by atoms with Gasteiger partial charge in [-0.15, -0.1) is 10.2 Å². The van der Waals surface area contributed by atoms with Crippen molar-refractivity contribution in [1.29, 1.82) is 0 Å². The lowest BCUT2D eigenvalue weighted by Crippen LogP contribution is -2.47. The summed E-state index contributed by atoms with van der Waals surface area (Å²) in [6.07, 6.45) is 1.39. The average Bonchev–Trinajstić information content (AvgIpc) is 3.35. The number of aliphatic carboxylic acids is 1. The molecule has 2 N–H and O–H groups in total. The Labute approximate surface area is 190 Å². The molecular weight excluding hydrogens is 406 g/mol. The van der Waals surface area contributed by atoms with Crippen LogP contribution in [0.4, 0.5) is 0 Å². The molecule has 0 aliphatic rings. The molecule has 0 spiro atoms. The minimum atomic E-state index is -2.32. The number of rotatable bonds is 10. The van der Waals surface area contributed by atoms with Crippen LogP contribution in [0, 0.1) is 5.92 Å². The molecule has 2 aromatic carbocycles. The van der Waals surface area contributed by atoms with Gasteiger partial charge in [-0.3, -0.25) is 4.79 Å². The molecule has 1 atom stereocenters. The summed E-state index contributed by atoms with van der Waals surface area (Å²) in [5, 5.41) is 24.0. The summed E-state index contributed by atoms with van der Waals surface area (Å²) in [5.74, 6) is -1.78. The summed E-state index contributed by atoms with van der Waals surface area (Å²) >= 11 is 0. The van der Waals surface area contributed by atoms with Gasteiger partial charge in [-0.25, -0.2) is 4.79 Å². The highest BCUT2D eigenvalue weighted by Crippen LogP contribution is 2.30. The zero-order valence-electron chi connectivity index (χ0n) is 20.4. The molecule has 0 bridgehead atoms. The van der Waals surface area contributed by atoms with Crippen molar-refractivity contribution in [2.24, 2.45) is 5.92 Å². The highest BCUT2D eigenvalue weighted by atomic mass is 16.4. The molecule has 8 heteroatoms. The molecular formula is C24H29N5O3. The number of aromatic nitrogens is 4. The largest absolute Gasteiger partial charge is 0.480 e. The van der Waals surface area contributed by atoms with E-state index in [1.807, 2.05) is 31.2 Å². The highest BCUT2D eigenvalue weighted by Gasteiger charge is 2.32. The van der Waals surface area contributed by atoms with Crippen molar-refractivity contribution < 1.29 is 17.4 Å². The summed E-state index contributed by atoms with van der Waals surface area (Å²) in [7, 11) is 0. The number of aromatic amines is 1. The number of carbonyl (C=O) groups is 2. The van der Waals surface area contributed by atoms with E-state index in [1.54, 1.807) is 38.1 Å². The minimum absolute atomic E-state index is 0.0860. The van der Waals surface area contributed by atoms with Gasteiger partial charge in [-0.05, 0) is 34.2 Å². The zero-order chi connectivity index (χ0) is 24.9. The second kappa shape index (κ2) is 10.7. The van der Waals surface area contributed by atoms with Crippen LogP contribution in [0.1, 0.15) is 48.3 Å². The van der Waals surface area contributed by atoms with Gasteiger partial charge in [0.25, 0.3) is 0 Å². The predicted octanol–water partition coefficient (Wildman–Crippen LogP) is 4.16. The SMILES string of the molecule is [2H]C([2H])(c1ccc(-c2ccccc2-c2nn[nH]n2)cc1)N(C(=O)CCCC)[C@H](C(=O)O)C(C)C. The number of carbonyl (C=O) groups excluding carboxylic acids is 1. The first-order chi connectivity index (χ1) is 16.2. The molecule has 0 fully saturated rings. The van der Waals surface area contributed by atoms with Gasteiger partial charge in [0.05, 0.1) is 2.74 Å². The number of H-pyrrole nitrogens is 1. The smallest absolute Gasteiger partial charge is 0.326 e. The van der Waals surface area contributed by atoms with Crippen LogP contribution < -0.4 is 0 Å². The highest BCUT2D eigenvalue weighted by molar-refractivity contribution is 5.84. The summed E-state index contributed by atoms with van der Waals surface area (Å²) in [4.78, 5) is 26.0. The molecule has 0 saturated heterocycles. The van der Waals surface area contributed by atoms with Gasteiger partial charge in [0, 0.05) is 18.5 Å². The summed E-state index contributed by atoms with van der Waals surface area (Å²) in [6, 6.07) is 12.9. The van der Waals surface area contributed by atoms with Gasteiger partial charge in [-0.1, -0.05) is 75.7 Å². The fourth-order valence-electron chi connectivity index (χ4n) is 3.50. The van der Waals surface area contributed by atoms with Gasteiger partial charge < -0.3 is 10.0 Å². The van der Waals surface area contributed by atoms with E-state index in [0.717, 1.165) is 28.0 Å². The van der Waals surface area contributed by atoms with Crippen molar-refractivity contribution in [2.75, 3.05) is 0 Å². The van der Waals surface area contributed by atoms with Crippen LogP contribution in [0.2, 0.25) is 0 Å². The monoisotopic (exact) mass is 437 g/mol. The second-order valence-electron chi connectivity index (χ2n) is 7.86. The molecule has 3 aromatic rings. The van der Waals surface area contributed by atoms with E-state index in [2.05, 4.69) is 20.6 Å². The van der Waals surface area contributed by atoms with Gasteiger partial charge in [0.2, 0.25) is 11.7 Å². The molecule has 0 saturated carbocycles. The summed E-state index contributed by atoms with van der Waals surface area (Å²) in [6.45, 7) is 2.96. The fourth-order valence-corrected chi connectivity index (χ4v) is 3.50. The van der Waals surface area contributed by atoms with E-state index < -0.39 is 30.3 Å². The summed E-state index contributed by atoms with van der Waals surface area (Å²) in [5.41, 5.74) is 2.58. The zero-order valence-corrected chi connectivity index (χ0v) is 18.4. The number of unbranched alkanes of at least 4 members (excludes halogenated alkanes) is 1. The van der Waals surface area contributed by atoms with Crippen LogP contribution in [0.25, 0.3) is 22.5 Å². The van der Waals surface area contributed by atoms with E-state index >= 15 is 0 Å². The van der Waals surface area contributed by atoms with Crippen LogP contribution in [0.15, 0.2) is 48.5 Å². The number of hydrogen-bond acceptors (Lipinski definition) is 5. The second-order valence-corrected chi connectivity index (χ2v) is 7.86. The fraction of sp³-hybridized carbons (Fsp3) is 0.375. The quantitative estimate of drug-likeness (QED) is 0.492. The molecule has 0 radical (unpaired) electrons. The lowest BCUT2D eigenvalue weighted by molar-refractivity contribution is -0.153. The first kappa shape index (κ1) is 20.4. The summed E-state index contributed by atoms with van der Waals surface area (Å²) < 4.78 is 17.6. The number of benzene rings is 2. The van der Waals surface area contributed by atoms with Crippen molar-refractivity contribution >= 4 is 11.9 Å². The maximum absolute atomic E-state index is 13.0. The molecule has 3 rings (SSSR count). The lowest BCUT2D eigenvalue weighted by atomic mass is 9.97. The normalized spacial score (nSPS) is 13.4. The number of carboxylic acids is 1. The number of tetrazole rings is 1. The Morgan fingerprint density at radius 1 is 1.12 bits per heavy atom. The first-order valence-corrected chi connectivity index (χ1v) is 10.7. The number of nitrogens with zero attached hydrogens (tertiary/aromatic N) is 4. The molecule has 8 nitrogen and oxygen atoms in total. The molecule has 1 aromatic heterocycles. The lowest BCUT2D eigenvalue weighted by Gasteiger charge is -2.32. The van der Waals surface area contributed by atoms with Gasteiger partial charge in [0.1, 0.15) is 6.04 Å². The number of nitrogens with one attached hydrogen (secondary N) is 1. The molecule has 1 heterocycles. The Hall–Kier alpha value is -3.55. The first-order valence-electron chi connectivity index (χ1n) is 11.7. The van der Waals surface area contributed by atoms with Crippen LogP contribution in [0.3, 0.4) is 0 Å². The average molecular weight is 438 g/mol. The third-order valence-corrected chi connectivity index (χ3v) is 5.13. The molecule has 0 aliphatic heterocycles. The van der Waals surface area contributed by atoms with Crippen molar-refractivity contribution in [1.82, 2.24) is 25.5 Å². The van der Waals surface area contributed by atoms with Crippen LogP contribution in [-0.4, -0.2) is 48.5 Å². The number of carboxylic acid groups (broad SMARTS) is 1. The third-order valence-electron chi connectivity index (χ3n) is 5.13. The number of hydrogen-bond donors (Lipinski definition) is 2. The standard InChI is InChI=1S/C24H29N5O3/c1-4-5-10-21(30)29(22(16(2)3)24(31)32)15-17-11-13-18(14-12-17)19-8-6-7-9-20(19)23-25-27-28-26-23/h6-9,11-14,16,22H,4-5,10,15H2,1-3H3,(H,31,32)(H,25,26,27,28)/t22-/m0/s1/i15D2. The maximum atomic E-state index is 13.0. The van der Waals surface area contributed by atoms with E-state index in [1.165, 1.54) is 0 Å². The maximum Gasteiger partial charge on any atom is 0.326 e. The molecule has 0 unspecified atom stereocenters. The van der Waals surface area contributed by atoms with Gasteiger partial charge in [0.15, 0.2) is 0 Å². The Balaban J connectivity index is 2.01. The Morgan fingerprint density at radius 2 is 1.81 bits per heavy atom. The number of amides is 1. The van der Waals surface area contributed by atoms with Gasteiger partial charge >= 0.3 is 5.97 Å². The van der Waals surface area contributed by atoms with Crippen LogP contribution >= 0.6 is 0 Å². The molecule has 0 aliphatic carbocycles. The van der Waals surface area contributed by atoms with Crippen LogP contribution in [0.5, 0.6) is 0 Å². The van der Waals surface area contributed by atoms with Crippen molar-refractivity contribution in [3.63, 3.8) is 0 Å². The van der Waals surface area contributed by atoms with Crippen molar-refractivity contribution in [2.45, 2.75) is 52.6 Å². The molecule has 32 heavy (non-hydrogen) atoms. The van der Waals surface area contributed by atoms with E-state index in [9.17, 15) is 14.7 Å². The predicted molar refractivity (Wildman–Crippen MR) is 121 cm³/mol. The van der Waals surface area contributed by atoms with Crippen molar-refractivity contribution in [3.05, 3.63) is 54.1 Å². The Bertz CT molecular complexity index is 1120. The van der Waals surface area contributed by atoms with E-state index in [0.29, 0.717) is 12.2 Å². The Kier molecular flexibility index (Phi) is 6.78. The minimum Gasteiger partial charge on any atom is -0.480 e. The molecule has 1 amide bonds. The van der Waals surface area contributed by atoms with Gasteiger partial charge in [-0.2, -0.15) is 5.21 Å². The Morgan fingerprint density at radius 3 is 2.38 bits per heavy atom. The van der Waals surface area contributed by atoms with Crippen molar-refractivity contribution in [3.8, 4) is 22.5 Å².